The molecule has 0 aliphatic carbocycles. The summed E-state index contributed by atoms with van der Waals surface area (Å²) in [5.74, 6) is 0. The number of hydrogen-bond donors (Lipinski definition) is 1. The van der Waals surface area contributed by atoms with Crippen LogP contribution in [-0.2, 0) is 0 Å². The van der Waals surface area contributed by atoms with Crippen molar-refractivity contribution in [3.05, 3.63) is 35.7 Å². The molecule has 1 aromatic heterocycles. The van der Waals surface area contributed by atoms with Crippen molar-refractivity contribution in [1.82, 2.24) is 4.98 Å². The van der Waals surface area contributed by atoms with Gasteiger partial charge < -0.3 is 5.32 Å². The van der Waals surface area contributed by atoms with E-state index in [0.29, 0.717) is 0 Å². The molecule has 0 radical (unpaired) electrons. The molecular formula is C11H15N2+. The Kier molecular flexibility index (Phi) is 2.41. The molecule has 0 unspecified atom stereocenters. The molecule has 68 valence electrons. The van der Waals surface area contributed by atoms with Crippen molar-refractivity contribution in [2.45, 2.75) is 13.3 Å². The van der Waals surface area contributed by atoms with Gasteiger partial charge in [0.1, 0.15) is 0 Å². The van der Waals surface area contributed by atoms with Gasteiger partial charge in [0.05, 0.1) is 13.1 Å². The van der Waals surface area contributed by atoms with Gasteiger partial charge in [0, 0.05) is 18.3 Å². The van der Waals surface area contributed by atoms with Crippen LogP contribution in [0, 0.1) is 6.92 Å². The van der Waals surface area contributed by atoms with E-state index in [2.05, 4.69) is 28.5 Å². The van der Waals surface area contributed by atoms with E-state index < -0.39 is 0 Å². The number of quaternary nitrogens is 1. The smallest absolute Gasteiger partial charge is 0.0948 e. The lowest BCUT2D eigenvalue weighted by molar-refractivity contribution is -0.646. The number of aryl methyl sites for hydroxylation is 1. The highest BCUT2D eigenvalue weighted by Crippen LogP contribution is 2.17. The van der Waals surface area contributed by atoms with Gasteiger partial charge in [-0.25, -0.2) is 0 Å². The standard InChI is InChI=1S/C11H14N2/c1-9-8-11(4-7-13-9)10-2-5-12-6-3-10/h2,4,7-8,12H,3,5-6H2,1H3/p+1. The van der Waals surface area contributed by atoms with Crippen LogP contribution >= 0.6 is 0 Å². The van der Waals surface area contributed by atoms with Gasteiger partial charge >= 0.3 is 0 Å². The first-order chi connectivity index (χ1) is 6.36. The number of pyridine rings is 1. The molecule has 1 aliphatic heterocycles. The predicted molar refractivity (Wildman–Crippen MR) is 53.2 cm³/mol. The predicted octanol–water partition coefficient (Wildman–Crippen LogP) is 0.741. The van der Waals surface area contributed by atoms with Crippen LogP contribution in [0.3, 0.4) is 0 Å². The van der Waals surface area contributed by atoms with Crippen LogP contribution in [0.5, 0.6) is 0 Å². The quantitative estimate of drug-likeness (QED) is 0.670. The van der Waals surface area contributed by atoms with Crippen LogP contribution in [0.25, 0.3) is 5.57 Å². The van der Waals surface area contributed by atoms with E-state index >= 15 is 0 Å². The average molecular weight is 175 g/mol. The van der Waals surface area contributed by atoms with Crippen molar-refractivity contribution in [2.24, 2.45) is 0 Å². The minimum absolute atomic E-state index is 1.10. The van der Waals surface area contributed by atoms with E-state index in [1.165, 1.54) is 24.1 Å². The van der Waals surface area contributed by atoms with Crippen molar-refractivity contribution in [2.75, 3.05) is 13.1 Å². The Morgan fingerprint density at radius 3 is 3.08 bits per heavy atom. The Labute approximate surface area is 78.7 Å². The summed E-state index contributed by atoms with van der Waals surface area (Å²) in [7, 11) is 0. The van der Waals surface area contributed by atoms with Gasteiger partial charge in [-0.1, -0.05) is 0 Å². The van der Waals surface area contributed by atoms with Gasteiger partial charge in [0.25, 0.3) is 0 Å². The maximum Gasteiger partial charge on any atom is 0.0948 e. The zero-order valence-electron chi connectivity index (χ0n) is 7.96. The highest BCUT2D eigenvalue weighted by Gasteiger charge is 2.07. The van der Waals surface area contributed by atoms with Crippen molar-refractivity contribution in [3.8, 4) is 0 Å². The van der Waals surface area contributed by atoms with E-state index in [-0.39, 0.29) is 0 Å². The minimum atomic E-state index is 1.10. The summed E-state index contributed by atoms with van der Waals surface area (Å²) in [4.78, 5) is 4.20. The third-order valence-electron chi connectivity index (χ3n) is 2.42. The lowest BCUT2D eigenvalue weighted by Crippen LogP contribution is -2.84. The number of aromatic nitrogens is 1. The molecule has 2 N–H and O–H groups in total. The van der Waals surface area contributed by atoms with E-state index in [9.17, 15) is 0 Å². The summed E-state index contributed by atoms with van der Waals surface area (Å²) >= 11 is 0. The van der Waals surface area contributed by atoms with Gasteiger partial charge in [-0.05, 0) is 36.3 Å². The largest absolute Gasteiger partial charge is 0.343 e. The normalized spacial score (nSPS) is 16.8. The molecular weight excluding hydrogens is 160 g/mol. The molecule has 0 saturated heterocycles. The highest BCUT2D eigenvalue weighted by molar-refractivity contribution is 5.65. The second-order valence-corrected chi connectivity index (χ2v) is 3.48. The molecule has 0 amide bonds. The SMILES string of the molecule is Cc1cc(C2=CC[NH2+]CC2)ccn1. The summed E-state index contributed by atoms with van der Waals surface area (Å²) in [5.41, 5.74) is 3.93. The summed E-state index contributed by atoms with van der Waals surface area (Å²) in [6, 6.07) is 4.27. The van der Waals surface area contributed by atoms with E-state index in [4.69, 9.17) is 0 Å². The summed E-state index contributed by atoms with van der Waals surface area (Å²) in [5, 5.41) is 2.33. The zero-order valence-corrected chi connectivity index (χ0v) is 7.96. The van der Waals surface area contributed by atoms with Crippen molar-refractivity contribution in [3.63, 3.8) is 0 Å². The van der Waals surface area contributed by atoms with Crippen molar-refractivity contribution in [1.29, 1.82) is 0 Å². The molecule has 1 aliphatic rings. The molecule has 0 saturated carbocycles. The van der Waals surface area contributed by atoms with Crippen molar-refractivity contribution >= 4 is 5.57 Å². The fourth-order valence-corrected chi connectivity index (χ4v) is 1.71. The van der Waals surface area contributed by atoms with Gasteiger partial charge in [-0.2, -0.15) is 0 Å². The fourth-order valence-electron chi connectivity index (χ4n) is 1.71. The first-order valence-electron chi connectivity index (χ1n) is 4.80. The van der Waals surface area contributed by atoms with Crippen LogP contribution in [0.1, 0.15) is 17.7 Å². The highest BCUT2D eigenvalue weighted by atomic mass is 14.8. The maximum absolute atomic E-state index is 4.20. The molecule has 0 bridgehead atoms. The van der Waals surface area contributed by atoms with Gasteiger partial charge in [0.2, 0.25) is 0 Å². The Hall–Kier alpha value is -1.15. The Bertz CT molecular complexity index is 329. The molecule has 13 heavy (non-hydrogen) atoms. The van der Waals surface area contributed by atoms with Crippen LogP contribution in [0.4, 0.5) is 0 Å². The van der Waals surface area contributed by atoms with Gasteiger partial charge in [-0.3, -0.25) is 4.98 Å². The molecule has 2 rings (SSSR count). The number of nitrogens with zero attached hydrogens (tertiary/aromatic N) is 1. The molecule has 2 nitrogen and oxygen atoms in total. The number of nitrogens with two attached hydrogens (primary N) is 1. The lowest BCUT2D eigenvalue weighted by Gasteiger charge is -2.11. The monoisotopic (exact) mass is 175 g/mol. The topological polar surface area (TPSA) is 29.5 Å². The number of rotatable bonds is 1. The third-order valence-corrected chi connectivity index (χ3v) is 2.42. The molecule has 0 fully saturated rings. The van der Waals surface area contributed by atoms with Crippen LogP contribution in [0.2, 0.25) is 0 Å². The van der Waals surface area contributed by atoms with Crippen LogP contribution < -0.4 is 5.32 Å². The second-order valence-electron chi connectivity index (χ2n) is 3.48. The minimum Gasteiger partial charge on any atom is -0.343 e. The molecule has 1 aromatic rings. The first-order valence-corrected chi connectivity index (χ1v) is 4.80. The summed E-state index contributed by atoms with van der Waals surface area (Å²) < 4.78 is 0. The Morgan fingerprint density at radius 1 is 1.46 bits per heavy atom. The molecule has 0 aromatic carbocycles. The lowest BCUT2D eigenvalue weighted by atomic mass is 10.0. The van der Waals surface area contributed by atoms with Gasteiger partial charge in [0.15, 0.2) is 0 Å². The van der Waals surface area contributed by atoms with Crippen LogP contribution in [0.15, 0.2) is 24.4 Å². The number of hydrogen-bond acceptors (Lipinski definition) is 1. The van der Waals surface area contributed by atoms with Gasteiger partial charge in [-0.15, -0.1) is 0 Å². The molecule has 0 atom stereocenters. The van der Waals surface area contributed by atoms with Crippen molar-refractivity contribution < 1.29 is 5.32 Å². The second kappa shape index (κ2) is 3.71. The Morgan fingerprint density at radius 2 is 2.38 bits per heavy atom. The van der Waals surface area contributed by atoms with E-state index in [1.807, 2.05) is 13.1 Å². The average Bonchev–Trinajstić information content (AvgIpc) is 2.19. The Balaban J connectivity index is 2.29. The zero-order chi connectivity index (χ0) is 9.10. The fraction of sp³-hybridized carbons (Fsp3) is 0.364. The van der Waals surface area contributed by atoms with E-state index in [0.717, 1.165) is 12.2 Å². The van der Waals surface area contributed by atoms with E-state index in [1.54, 1.807) is 0 Å². The molecule has 2 heteroatoms. The summed E-state index contributed by atoms with van der Waals surface area (Å²) in [6.45, 7) is 4.38. The molecule has 2 heterocycles. The summed E-state index contributed by atoms with van der Waals surface area (Å²) in [6.07, 6.45) is 5.39. The first kappa shape index (κ1) is 8.45. The molecule has 0 spiro atoms. The third kappa shape index (κ3) is 1.95. The van der Waals surface area contributed by atoms with Crippen LogP contribution in [-0.4, -0.2) is 18.1 Å². The maximum atomic E-state index is 4.20.